The fourth-order valence-electron chi connectivity index (χ4n) is 1.59. The Morgan fingerprint density at radius 3 is 2.44 bits per heavy atom. The number of benzene rings is 1. The first-order valence-corrected chi connectivity index (χ1v) is 5.16. The third-order valence-corrected chi connectivity index (χ3v) is 2.85. The third kappa shape index (κ3) is 2.33. The Labute approximate surface area is 95.8 Å². The molecule has 0 aliphatic rings. The normalized spacial score (nSPS) is 12.1. The number of carbonyl (C=O) groups excluding carboxylic acids is 1. The van der Waals surface area contributed by atoms with Crippen LogP contribution in [-0.4, -0.2) is 13.0 Å². The van der Waals surface area contributed by atoms with E-state index in [2.05, 4.69) is 5.43 Å². The van der Waals surface area contributed by atoms with Crippen molar-refractivity contribution >= 4 is 5.91 Å². The van der Waals surface area contributed by atoms with Crippen LogP contribution in [0.15, 0.2) is 12.1 Å². The van der Waals surface area contributed by atoms with E-state index in [4.69, 9.17) is 10.6 Å². The van der Waals surface area contributed by atoms with Crippen molar-refractivity contribution in [3.63, 3.8) is 0 Å². The summed E-state index contributed by atoms with van der Waals surface area (Å²) in [6, 6.07) is 3.90. The molecular formula is C12H18N2O2. The monoisotopic (exact) mass is 222 g/mol. The fraction of sp³-hybridized carbons (Fsp3) is 0.417. The van der Waals surface area contributed by atoms with Gasteiger partial charge in [0.1, 0.15) is 5.75 Å². The summed E-state index contributed by atoms with van der Waals surface area (Å²) in [5.41, 5.74) is 5.28. The topological polar surface area (TPSA) is 64.3 Å². The lowest BCUT2D eigenvalue weighted by Gasteiger charge is -2.16. The van der Waals surface area contributed by atoms with Gasteiger partial charge in [-0.25, -0.2) is 5.84 Å². The minimum absolute atomic E-state index is 0.221. The summed E-state index contributed by atoms with van der Waals surface area (Å²) in [5.74, 6) is 5.31. The van der Waals surface area contributed by atoms with Gasteiger partial charge in [-0.2, -0.15) is 0 Å². The number of rotatable bonds is 3. The lowest BCUT2D eigenvalue weighted by molar-refractivity contribution is -0.122. The number of hydrogen-bond acceptors (Lipinski definition) is 3. The van der Waals surface area contributed by atoms with Crippen molar-refractivity contribution in [1.82, 2.24) is 5.43 Å². The van der Waals surface area contributed by atoms with E-state index in [1.807, 2.05) is 26.0 Å². The van der Waals surface area contributed by atoms with Crippen molar-refractivity contribution < 1.29 is 9.53 Å². The summed E-state index contributed by atoms with van der Waals surface area (Å²) in [5, 5.41) is 0. The van der Waals surface area contributed by atoms with Crippen LogP contribution in [0, 0.1) is 13.8 Å². The number of hydrogen-bond donors (Lipinski definition) is 2. The summed E-state index contributed by atoms with van der Waals surface area (Å²) in [4.78, 5) is 11.5. The molecule has 88 valence electrons. The lowest BCUT2D eigenvalue weighted by Crippen LogP contribution is -2.33. The van der Waals surface area contributed by atoms with Crippen LogP contribution in [0.4, 0.5) is 0 Å². The van der Waals surface area contributed by atoms with E-state index in [9.17, 15) is 4.79 Å². The van der Waals surface area contributed by atoms with E-state index in [1.54, 1.807) is 14.0 Å². The number of nitrogens with two attached hydrogens (primary N) is 1. The average Bonchev–Trinajstić information content (AvgIpc) is 2.30. The van der Waals surface area contributed by atoms with Crippen molar-refractivity contribution in [1.29, 1.82) is 0 Å². The minimum Gasteiger partial charge on any atom is -0.496 e. The van der Waals surface area contributed by atoms with Crippen molar-refractivity contribution in [2.75, 3.05) is 7.11 Å². The van der Waals surface area contributed by atoms with Gasteiger partial charge in [-0.05, 0) is 38.0 Å². The number of amides is 1. The highest BCUT2D eigenvalue weighted by Crippen LogP contribution is 2.29. The standard InChI is InChI=1S/C12H18N2O2/c1-7-5-10(9(3)12(15)14-13)11(16-4)6-8(7)2/h5-6,9H,13H2,1-4H3,(H,14,15). The number of methoxy groups -OCH3 is 1. The molecule has 0 aromatic heterocycles. The van der Waals surface area contributed by atoms with Gasteiger partial charge in [0, 0.05) is 5.56 Å². The molecule has 0 aliphatic heterocycles. The quantitative estimate of drug-likeness (QED) is 0.461. The van der Waals surface area contributed by atoms with Crippen LogP contribution in [0.5, 0.6) is 5.75 Å². The zero-order valence-corrected chi connectivity index (χ0v) is 10.1. The molecule has 0 fully saturated rings. The summed E-state index contributed by atoms with van der Waals surface area (Å²) < 4.78 is 5.28. The van der Waals surface area contributed by atoms with Crippen molar-refractivity contribution in [3.05, 3.63) is 28.8 Å². The molecule has 1 aromatic carbocycles. The summed E-state index contributed by atoms with van der Waals surface area (Å²) in [6.45, 7) is 5.81. The molecule has 0 saturated carbocycles. The molecule has 1 unspecified atom stereocenters. The Morgan fingerprint density at radius 2 is 1.94 bits per heavy atom. The zero-order valence-electron chi connectivity index (χ0n) is 10.1. The first-order valence-electron chi connectivity index (χ1n) is 5.16. The van der Waals surface area contributed by atoms with Crippen molar-refractivity contribution in [2.24, 2.45) is 5.84 Å². The van der Waals surface area contributed by atoms with Gasteiger partial charge in [0.05, 0.1) is 13.0 Å². The fourth-order valence-corrected chi connectivity index (χ4v) is 1.59. The lowest BCUT2D eigenvalue weighted by atomic mass is 9.95. The number of hydrazine groups is 1. The molecule has 1 atom stereocenters. The molecule has 0 saturated heterocycles. The second-order valence-corrected chi connectivity index (χ2v) is 3.91. The molecule has 0 radical (unpaired) electrons. The van der Waals surface area contributed by atoms with Gasteiger partial charge >= 0.3 is 0 Å². The molecule has 16 heavy (non-hydrogen) atoms. The van der Waals surface area contributed by atoms with E-state index in [0.29, 0.717) is 0 Å². The van der Waals surface area contributed by atoms with Gasteiger partial charge < -0.3 is 4.74 Å². The first-order chi connectivity index (χ1) is 7.51. The number of ether oxygens (including phenoxy) is 1. The highest BCUT2D eigenvalue weighted by Gasteiger charge is 2.19. The van der Waals surface area contributed by atoms with E-state index >= 15 is 0 Å². The molecule has 1 aromatic rings. The highest BCUT2D eigenvalue weighted by atomic mass is 16.5. The van der Waals surface area contributed by atoms with Gasteiger partial charge in [-0.15, -0.1) is 0 Å². The summed E-state index contributed by atoms with van der Waals surface area (Å²) in [6.07, 6.45) is 0. The van der Waals surface area contributed by atoms with Gasteiger partial charge in [-0.3, -0.25) is 10.2 Å². The zero-order chi connectivity index (χ0) is 12.3. The van der Waals surface area contributed by atoms with Gasteiger partial charge in [-0.1, -0.05) is 6.07 Å². The predicted octanol–water partition coefficient (Wildman–Crippen LogP) is 1.41. The molecule has 4 heteroatoms. The molecule has 0 spiro atoms. The predicted molar refractivity (Wildman–Crippen MR) is 63.2 cm³/mol. The molecule has 0 heterocycles. The molecule has 0 bridgehead atoms. The second kappa shape index (κ2) is 4.99. The van der Waals surface area contributed by atoms with Gasteiger partial charge in [0.15, 0.2) is 0 Å². The molecule has 1 rings (SSSR count). The van der Waals surface area contributed by atoms with E-state index in [0.717, 1.165) is 22.4 Å². The average molecular weight is 222 g/mol. The molecular weight excluding hydrogens is 204 g/mol. The number of carbonyl (C=O) groups is 1. The maximum Gasteiger partial charge on any atom is 0.241 e. The van der Waals surface area contributed by atoms with E-state index < -0.39 is 0 Å². The molecule has 0 aliphatic carbocycles. The maximum absolute atomic E-state index is 11.5. The van der Waals surface area contributed by atoms with Crippen LogP contribution in [-0.2, 0) is 4.79 Å². The highest BCUT2D eigenvalue weighted by molar-refractivity contribution is 5.83. The maximum atomic E-state index is 11.5. The summed E-state index contributed by atoms with van der Waals surface area (Å²) in [7, 11) is 1.60. The Hall–Kier alpha value is -1.55. The Bertz CT molecular complexity index is 402. The van der Waals surface area contributed by atoms with Crippen LogP contribution >= 0.6 is 0 Å². The van der Waals surface area contributed by atoms with Crippen LogP contribution in [0.1, 0.15) is 29.5 Å². The Balaban J connectivity index is 3.21. The SMILES string of the molecule is COc1cc(C)c(C)cc1C(C)C(=O)NN. The second-order valence-electron chi connectivity index (χ2n) is 3.91. The number of aryl methyl sites for hydroxylation is 2. The summed E-state index contributed by atoms with van der Waals surface area (Å²) >= 11 is 0. The third-order valence-electron chi connectivity index (χ3n) is 2.85. The first kappa shape index (κ1) is 12.5. The van der Waals surface area contributed by atoms with Crippen LogP contribution in [0.2, 0.25) is 0 Å². The van der Waals surface area contributed by atoms with Crippen molar-refractivity contribution in [2.45, 2.75) is 26.7 Å². The minimum atomic E-state index is -0.320. The van der Waals surface area contributed by atoms with Gasteiger partial charge in [0.25, 0.3) is 0 Å². The molecule has 4 nitrogen and oxygen atoms in total. The van der Waals surface area contributed by atoms with Gasteiger partial charge in [0.2, 0.25) is 5.91 Å². The smallest absolute Gasteiger partial charge is 0.241 e. The van der Waals surface area contributed by atoms with E-state index in [1.165, 1.54) is 0 Å². The van der Waals surface area contributed by atoms with E-state index in [-0.39, 0.29) is 11.8 Å². The molecule has 1 amide bonds. The van der Waals surface area contributed by atoms with Crippen LogP contribution in [0.25, 0.3) is 0 Å². The van der Waals surface area contributed by atoms with Crippen molar-refractivity contribution in [3.8, 4) is 5.75 Å². The van der Waals surface area contributed by atoms with Crippen LogP contribution in [0.3, 0.4) is 0 Å². The number of nitrogens with one attached hydrogen (secondary N) is 1. The Kier molecular flexibility index (Phi) is 3.90. The Morgan fingerprint density at radius 1 is 1.38 bits per heavy atom. The molecule has 3 N–H and O–H groups in total. The van der Waals surface area contributed by atoms with Crippen LogP contribution < -0.4 is 16.0 Å². The largest absolute Gasteiger partial charge is 0.496 e.